The first kappa shape index (κ1) is 20.1. The Balaban J connectivity index is 1.51. The Labute approximate surface area is 170 Å². The van der Waals surface area contributed by atoms with Gasteiger partial charge in [0.25, 0.3) is 5.91 Å². The van der Waals surface area contributed by atoms with E-state index in [-0.39, 0.29) is 13.2 Å². The van der Waals surface area contributed by atoms with Crippen LogP contribution in [-0.2, 0) is 14.3 Å². The Kier molecular flexibility index (Phi) is 6.63. The summed E-state index contributed by atoms with van der Waals surface area (Å²) in [6.07, 6.45) is 0. The molecule has 3 rings (SSSR count). The van der Waals surface area contributed by atoms with Crippen molar-refractivity contribution in [2.24, 2.45) is 0 Å². The van der Waals surface area contributed by atoms with Crippen LogP contribution in [0.15, 0.2) is 72.8 Å². The minimum Gasteiger partial charge on any atom is -0.482 e. The summed E-state index contributed by atoms with van der Waals surface area (Å²) in [6.45, 7) is 3.34. The molecule has 1 N–H and O–H groups in total. The van der Waals surface area contributed by atoms with Gasteiger partial charge in [0.1, 0.15) is 5.75 Å². The lowest BCUT2D eigenvalue weighted by atomic mass is 10.0. The van der Waals surface area contributed by atoms with Crippen LogP contribution in [0.2, 0.25) is 0 Å². The zero-order chi connectivity index (χ0) is 20.6. The highest BCUT2D eigenvalue weighted by molar-refractivity contribution is 5.96. The van der Waals surface area contributed by atoms with Gasteiger partial charge in [0.15, 0.2) is 13.2 Å². The first-order valence-corrected chi connectivity index (χ1v) is 9.33. The predicted octanol–water partition coefficient (Wildman–Crippen LogP) is 4.53. The van der Waals surface area contributed by atoms with Gasteiger partial charge in [-0.15, -0.1) is 0 Å². The van der Waals surface area contributed by atoms with Gasteiger partial charge in [-0.05, 0) is 48.7 Å². The molecule has 0 aliphatic carbocycles. The molecule has 1 amide bonds. The summed E-state index contributed by atoms with van der Waals surface area (Å²) in [7, 11) is 0. The van der Waals surface area contributed by atoms with Crippen molar-refractivity contribution in [2.45, 2.75) is 13.8 Å². The maximum atomic E-state index is 12.2. The maximum Gasteiger partial charge on any atom is 0.344 e. The Bertz CT molecular complexity index is 999. The average molecular weight is 389 g/mol. The van der Waals surface area contributed by atoms with Crippen LogP contribution in [0.3, 0.4) is 0 Å². The SMILES string of the molecule is Cc1ccc(OCC(=O)OCC(=O)Nc2ccccc2-c2ccccc2)cc1C. The van der Waals surface area contributed by atoms with Gasteiger partial charge in [-0.2, -0.15) is 0 Å². The summed E-state index contributed by atoms with van der Waals surface area (Å²) in [6, 6.07) is 22.8. The van der Waals surface area contributed by atoms with Crippen LogP contribution >= 0.6 is 0 Å². The highest BCUT2D eigenvalue weighted by Crippen LogP contribution is 2.27. The number of esters is 1. The molecule has 5 nitrogen and oxygen atoms in total. The van der Waals surface area contributed by atoms with Crippen molar-refractivity contribution < 1.29 is 19.1 Å². The predicted molar refractivity (Wildman–Crippen MR) is 113 cm³/mol. The molecule has 0 fully saturated rings. The Morgan fingerprint density at radius 3 is 2.31 bits per heavy atom. The molecule has 5 heteroatoms. The molecular formula is C24H23NO4. The molecule has 0 aromatic heterocycles. The number of hydrogen-bond donors (Lipinski definition) is 1. The van der Waals surface area contributed by atoms with Crippen LogP contribution in [0.1, 0.15) is 11.1 Å². The van der Waals surface area contributed by atoms with Gasteiger partial charge in [0, 0.05) is 11.3 Å². The van der Waals surface area contributed by atoms with Gasteiger partial charge < -0.3 is 14.8 Å². The van der Waals surface area contributed by atoms with E-state index in [1.54, 1.807) is 6.07 Å². The van der Waals surface area contributed by atoms with E-state index in [4.69, 9.17) is 9.47 Å². The van der Waals surface area contributed by atoms with Gasteiger partial charge in [0.2, 0.25) is 0 Å². The van der Waals surface area contributed by atoms with E-state index in [9.17, 15) is 9.59 Å². The highest BCUT2D eigenvalue weighted by atomic mass is 16.6. The number of carbonyl (C=O) groups is 2. The molecule has 0 atom stereocenters. The fourth-order valence-corrected chi connectivity index (χ4v) is 2.78. The molecule has 148 valence electrons. The maximum absolute atomic E-state index is 12.2. The summed E-state index contributed by atoms with van der Waals surface area (Å²) in [5.74, 6) is -0.422. The third kappa shape index (κ3) is 5.69. The van der Waals surface area contributed by atoms with Crippen molar-refractivity contribution in [3.8, 4) is 16.9 Å². The minimum atomic E-state index is -0.602. The zero-order valence-electron chi connectivity index (χ0n) is 16.5. The molecule has 0 saturated carbocycles. The Morgan fingerprint density at radius 1 is 0.828 bits per heavy atom. The summed E-state index contributed by atoms with van der Waals surface area (Å²) in [4.78, 5) is 24.1. The molecule has 0 aliphatic heterocycles. The first-order valence-electron chi connectivity index (χ1n) is 9.33. The van der Waals surface area contributed by atoms with Crippen molar-refractivity contribution >= 4 is 17.6 Å². The van der Waals surface area contributed by atoms with E-state index in [1.807, 2.05) is 80.6 Å². The fraction of sp³-hybridized carbons (Fsp3) is 0.167. The highest BCUT2D eigenvalue weighted by Gasteiger charge is 2.11. The largest absolute Gasteiger partial charge is 0.482 e. The Morgan fingerprint density at radius 2 is 1.55 bits per heavy atom. The molecular weight excluding hydrogens is 366 g/mol. The van der Waals surface area contributed by atoms with Gasteiger partial charge in [-0.25, -0.2) is 4.79 Å². The van der Waals surface area contributed by atoms with Crippen LogP contribution in [0.25, 0.3) is 11.1 Å². The van der Waals surface area contributed by atoms with Crippen LogP contribution in [0.4, 0.5) is 5.69 Å². The smallest absolute Gasteiger partial charge is 0.344 e. The molecule has 0 unspecified atom stereocenters. The molecule has 0 radical (unpaired) electrons. The van der Waals surface area contributed by atoms with E-state index in [0.29, 0.717) is 11.4 Å². The molecule has 3 aromatic rings. The number of ether oxygens (including phenoxy) is 2. The average Bonchev–Trinajstić information content (AvgIpc) is 2.74. The Hall–Kier alpha value is -3.60. The lowest BCUT2D eigenvalue weighted by molar-refractivity contribution is -0.149. The topological polar surface area (TPSA) is 64.6 Å². The van der Waals surface area contributed by atoms with Crippen molar-refractivity contribution in [2.75, 3.05) is 18.5 Å². The molecule has 29 heavy (non-hydrogen) atoms. The van der Waals surface area contributed by atoms with Crippen LogP contribution < -0.4 is 10.1 Å². The van der Waals surface area contributed by atoms with Crippen LogP contribution in [0, 0.1) is 13.8 Å². The number of amides is 1. The van der Waals surface area contributed by atoms with E-state index in [0.717, 1.165) is 22.3 Å². The first-order chi connectivity index (χ1) is 14.0. The quantitative estimate of drug-likeness (QED) is 0.603. The molecule has 0 heterocycles. The molecule has 3 aromatic carbocycles. The second kappa shape index (κ2) is 9.55. The van der Waals surface area contributed by atoms with Gasteiger partial charge >= 0.3 is 5.97 Å². The lowest BCUT2D eigenvalue weighted by Crippen LogP contribution is -2.23. The molecule has 0 spiro atoms. The van der Waals surface area contributed by atoms with Crippen molar-refractivity contribution in [3.63, 3.8) is 0 Å². The number of nitrogens with one attached hydrogen (secondary N) is 1. The number of anilines is 1. The van der Waals surface area contributed by atoms with E-state index in [2.05, 4.69) is 5.32 Å². The van der Waals surface area contributed by atoms with Crippen LogP contribution in [0.5, 0.6) is 5.75 Å². The van der Waals surface area contributed by atoms with E-state index < -0.39 is 11.9 Å². The number of para-hydroxylation sites is 1. The van der Waals surface area contributed by atoms with E-state index >= 15 is 0 Å². The lowest BCUT2D eigenvalue weighted by Gasteiger charge is -2.12. The van der Waals surface area contributed by atoms with Gasteiger partial charge in [-0.1, -0.05) is 54.6 Å². The minimum absolute atomic E-state index is 0.254. The zero-order valence-corrected chi connectivity index (χ0v) is 16.5. The molecule has 0 aliphatic rings. The van der Waals surface area contributed by atoms with Crippen molar-refractivity contribution in [3.05, 3.63) is 83.9 Å². The summed E-state index contributed by atoms with van der Waals surface area (Å²) >= 11 is 0. The van der Waals surface area contributed by atoms with Gasteiger partial charge in [0.05, 0.1) is 0 Å². The third-order valence-electron chi connectivity index (χ3n) is 4.49. The number of hydrogen-bond acceptors (Lipinski definition) is 4. The van der Waals surface area contributed by atoms with Gasteiger partial charge in [-0.3, -0.25) is 4.79 Å². The summed E-state index contributed by atoms with van der Waals surface area (Å²) < 4.78 is 10.4. The monoisotopic (exact) mass is 389 g/mol. The second-order valence-corrected chi connectivity index (χ2v) is 6.66. The molecule has 0 bridgehead atoms. The van der Waals surface area contributed by atoms with Crippen LogP contribution in [-0.4, -0.2) is 25.1 Å². The van der Waals surface area contributed by atoms with Crippen molar-refractivity contribution in [1.82, 2.24) is 0 Å². The fourth-order valence-electron chi connectivity index (χ4n) is 2.78. The molecule has 0 saturated heterocycles. The normalized spacial score (nSPS) is 10.3. The number of benzene rings is 3. The van der Waals surface area contributed by atoms with E-state index in [1.165, 1.54) is 0 Å². The number of rotatable bonds is 7. The number of carbonyl (C=O) groups excluding carboxylic acids is 2. The second-order valence-electron chi connectivity index (χ2n) is 6.66. The third-order valence-corrected chi connectivity index (χ3v) is 4.49. The summed E-state index contributed by atoms with van der Waals surface area (Å²) in [5.41, 5.74) is 4.76. The standard InChI is InChI=1S/C24H23NO4/c1-17-12-13-20(14-18(17)2)28-16-24(27)29-15-23(26)25-22-11-7-6-10-21(22)19-8-4-3-5-9-19/h3-14H,15-16H2,1-2H3,(H,25,26). The number of aryl methyl sites for hydroxylation is 2. The van der Waals surface area contributed by atoms with Crippen molar-refractivity contribution in [1.29, 1.82) is 0 Å². The summed E-state index contributed by atoms with van der Waals surface area (Å²) in [5, 5.41) is 2.79.